The van der Waals surface area contributed by atoms with E-state index in [1.807, 2.05) is 0 Å². The average Bonchev–Trinajstić information content (AvgIpc) is 3.09. The largest absolute Gasteiger partial charge is 0.493 e. The van der Waals surface area contributed by atoms with Crippen molar-refractivity contribution in [1.82, 2.24) is 4.98 Å². The maximum atomic E-state index is 14.3. The number of anilines is 1. The summed E-state index contributed by atoms with van der Waals surface area (Å²) in [6.45, 7) is 4.94. The third-order valence-electron chi connectivity index (χ3n) is 6.51. The lowest BCUT2D eigenvalue weighted by molar-refractivity contribution is -0.272. The molecule has 0 radical (unpaired) electrons. The molecule has 2 heterocycles. The van der Waals surface area contributed by atoms with E-state index < -0.39 is 54.2 Å². The number of rotatable bonds is 7. The summed E-state index contributed by atoms with van der Waals surface area (Å²) in [6.07, 6.45) is -6.38. The molecule has 1 aliphatic rings. The third kappa shape index (κ3) is 4.98. The van der Waals surface area contributed by atoms with Gasteiger partial charge in [0, 0.05) is 23.0 Å². The second-order valence-electron chi connectivity index (χ2n) is 8.64. The first-order valence-corrected chi connectivity index (χ1v) is 11.1. The second-order valence-corrected chi connectivity index (χ2v) is 8.64. The molecule has 0 spiro atoms. The van der Waals surface area contributed by atoms with Gasteiger partial charge in [0.2, 0.25) is 0 Å². The van der Waals surface area contributed by atoms with Crippen LogP contribution in [0.3, 0.4) is 0 Å². The number of aliphatic hydroxyl groups excluding tert-OH is 2. The maximum absolute atomic E-state index is 14.3. The van der Waals surface area contributed by atoms with Gasteiger partial charge in [-0.15, -0.1) is 0 Å². The van der Waals surface area contributed by atoms with Gasteiger partial charge in [0.05, 0.1) is 30.8 Å². The molecule has 0 saturated carbocycles. The molecule has 11 heteroatoms. The lowest BCUT2D eigenvalue weighted by Crippen LogP contribution is -2.47. The predicted octanol–water partition coefficient (Wildman–Crippen LogP) is 4.03. The van der Waals surface area contributed by atoms with Crippen molar-refractivity contribution in [1.29, 1.82) is 0 Å². The summed E-state index contributed by atoms with van der Waals surface area (Å²) < 4.78 is 67.6. The van der Waals surface area contributed by atoms with Crippen molar-refractivity contribution in [2.24, 2.45) is 5.92 Å². The van der Waals surface area contributed by atoms with Crippen LogP contribution in [-0.2, 0) is 9.53 Å². The SMILES string of the molecule is CCOc1c([C@@H]2[C@@H](C(=O)Nc3ccc([C@H](O)CO)nc3)O[C@](C)(C(F)(F)F)[C@@H]2C)ccc(F)c1C. The van der Waals surface area contributed by atoms with Crippen molar-refractivity contribution in [3.63, 3.8) is 0 Å². The number of ether oxygens (including phenoxy) is 2. The number of benzene rings is 1. The van der Waals surface area contributed by atoms with E-state index in [0.717, 1.165) is 13.0 Å². The number of aliphatic hydroxyl groups is 2. The summed E-state index contributed by atoms with van der Waals surface area (Å²) in [6, 6.07) is 5.21. The number of alkyl halides is 3. The minimum atomic E-state index is -4.79. The number of nitrogens with zero attached hydrogens (tertiary/aromatic N) is 1. The summed E-state index contributed by atoms with van der Waals surface area (Å²) in [7, 11) is 0. The molecule has 1 fully saturated rings. The van der Waals surface area contributed by atoms with Gasteiger partial charge < -0.3 is 25.0 Å². The van der Waals surface area contributed by atoms with Crippen LogP contribution in [0, 0.1) is 18.7 Å². The van der Waals surface area contributed by atoms with Crippen LogP contribution < -0.4 is 10.1 Å². The van der Waals surface area contributed by atoms with Gasteiger partial charge in [-0.25, -0.2) is 4.39 Å². The Hall–Kier alpha value is -2.76. The van der Waals surface area contributed by atoms with Gasteiger partial charge in [-0.05, 0) is 39.0 Å². The Morgan fingerprint density at radius 1 is 1.31 bits per heavy atom. The highest BCUT2D eigenvalue weighted by Crippen LogP contribution is 2.55. The summed E-state index contributed by atoms with van der Waals surface area (Å²) in [5.74, 6) is -3.68. The number of carbonyl (C=O) groups excluding carboxylic acids is 1. The molecule has 3 rings (SSSR count). The lowest BCUT2D eigenvalue weighted by Gasteiger charge is -2.32. The molecule has 35 heavy (non-hydrogen) atoms. The van der Waals surface area contributed by atoms with E-state index >= 15 is 0 Å². The monoisotopic (exact) mass is 500 g/mol. The van der Waals surface area contributed by atoms with Crippen molar-refractivity contribution in [3.8, 4) is 5.75 Å². The molecule has 0 aliphatic carbocycles. The van der Waals surface area contributed by atoms with Crippen LogP contribution in [0.2, 0.25) is 0 Å². The topological polar surface area (TPSA) is 101 Å². The molecule has 192 valence electrons. The minimum Gasteiger partial charge on any atom is -0.493 e. The fraction of sp³-hybridized carbons (Fsp3) is 0.500. The molecule has 5 atom stereocenters. The van der Waals surface area contributed by atoms with Crippen LogP contribution in [0.4, 0.5) is 23.2 Å². The first kappa shape index (κ1) is 26.8. The van der Waals surface area contributed by atoms with Crippen LogP contribution in [0.5, 0.6) is 5.75 Å². The van der Waals surface area contributed by atoms with Gasteiger partial charge in [0.15, 0.2) is 5.60 Å². The van der Waals surface area contributed by atoms with Crippen molar-refractivity contribution in [2.75, 3.05) is 18.5 Å². The number of hydrogen-bond acceptors (Lipinski definition) is 6. The van der Waals surface area contributed by atoms with E-state index in [1.165, 1.54) is 38.2 Å². The minimum absolute atomic E-state index is 0.0844. The van der Waals surface area contributed by atoms with Crippen LogP contribution >= 0.6 is 0 Å². The van der Waals surface area contributed by atoms with Gasteiger partial charge in [-0.3, -0.25) is 9.78 Å². The summed E-state index contributed by atoms with van der Waals surface area (Å²) in [5, 5.41) is 21.2. The fourth-order valence-electron chi connectivity index (χ4n) is 4.29. The third-order valence-corrected chi connectivity index (χ3v) is 6.51. The Kier molecular flexibility index (Phi) is 7.73. The molecule has 1 aromatic carbocycles. The highest BCUT2D eigenvalue weighted by Gasteiger charge is 2.65. The first-order chi connectivity index (χ1) is 16.4. The van der Waals surface area contributed by atoms with Crippen molar-refractivity contribution in [3.05, 3.63) is 53.1 Å². The quantitative estimate of drug-likeness (QED) is 0.497. The number of aromatic nitrogens is 1. The molecular weight excluding hydrogens is 472 g/mol. The molecule has 1 saturated heterocycles. The normalized spacial score (nSPS) is 25.4. The molecule has 3 N–H and O–H groups in total. The predicted molar refractivity (Wildman–Crippen MR) is 118 cm³/mol. The first-order valence-electron chi connectivity index (χ1n) is 11.1. The van der Waals surface area contributed by atoms with E-state index in [4.69, 9.17) is 14.6 Å². The lowest BCUT2D eigenvalue weighted by atomic mass is 9.76. The van der Waals surface area contributed by atoms with E-state index in [0.29, 0.717) is 0 Å². The highest BCUT2D eigenvalue weighted by atomic mass is 19.4. The average molecular weight is 500 g/mol. The Morgan fingerprint density at radius 3 is 2.54 bits per heavy atom. The Bertz CT molecular complexity index is 1060. The number of carbonyl (C=O) groups is 1. The number of amides is 1. The summed E-state index contributed by atoms with van der Waals surface area (Å²) >= 11 is 0. The van der Waals surface area contributed by atoms with Gasteiger partial charge in [0.25, 0.3) is 5.91 Å². The van der Waals surface area contributed by atoms with Gasteiger partial charge in [-0.2, -0.15) is 13.2 Å². The number of hydrogen-bond donors (Lipinski definition) is 3. The Balaban J connectivity index is 2.02. The molecule has 0 unspecified atom stereocenters. The summed E-state index contributed by atoms with van der Waals surface area (Å²) in [5.41, 5.74) is -1.98. The molecule has 1 aromatic heterocycles. The number of halogens is 4. The molecular formula is C24H28F4N2O5. The van der Waals surface area contributed by atoms with Crippen LogP contribution in [0.1, 0.15) is 49.6 Å². The van der Waals surface area contributed by atoms with Crippen molar-refractivity contribution >= 4 is 11.6 Å². The smallest absolute Gasteiger partial charge is 0.417 e. The molecule has 1 amide bonds. The van der Waals surface area contributed by atoms with E-state index in [-0.39, 0.29) is 34.9 Å². The molecule has 2 aromatic rings. The number of nitrogens with one attached hydrogen (secondary N) is 1. The summed E-state index contributed by atoms with van der Waals surface area (Å²) in [4.78, 5) is 17.2. The van der Waals surface area contributed by atoms with E-state index in [9.17, 15) is 27.5 Å². The molecule has 0 bridgehead atoms. The van der Waals surface area contributed by atoms with Gasteiger partial charge in [-0.1, -0.05) is 13.0 Å². The van der Waals surface area contributed by atoms with E-state index in [2.05, 4.69) is 10.3 Å². The Morgan fingerprint density at radius 2 is 2.00 bits per heavy atom. The van der Waals surface area contributed by atoms with Gasteiger partial charge >= 0.3 is 6.18 Å². The fourth-order valence-corrected chi connectivity index (χ4v) is 4.29. The van der Waals surface area contributed by atoms with E-state index in [1.54, 1.807) is 6.92 Å². The van der Waals surface area contributed by atoms with Crippen LogP contribution in [0.25, 0.3) is 0 Å². The Labute approximate surface area is 200 Å². The zero-order valence-electron chi connectivity index (χ0n) is 19.7. The standard InChI is InChI=1S/C24H28F4N2O5/c1-5-34-20-12(2)16(25)8-7-15(20)19-13(3)23(4,24(26,27)28)35-21(19)22(33)30-14-6-9-17(29-10-14)18(32)11-31/h6-10,13,18-19,21,31-32H,5,11H2,1-4H3,(H,30,33)/t13-,18-,19-,21+,23+/m1/s1. The van der Waals surface area contributed by atoms with Crippen molar-refractivity contribution < 1.29 is 42.0 Å². The highest BCUT2D eigenvalue weighted by molar-refractivity contribution is 5.95. The zero-order chi connectivity index (χ0) is 26.1. The maximum Gasteiger partial charge on any atom is 0.417 e. The van der Waals surface area contributed by atoms with Crippen molar-refractivity contribution in [2.45, 2.75) is 57.6 Å². The number of pyridine rings is 1. The van der Waals surface area contributed by atoms with Crippen LogP contribution in [0.15, 0.2) is 30.5 Å². The molecule has 1 aliphatic heterocycles. The second kappa shape index (κ2) is 10.1. The zero-order valence-corrected chi connectivity index (χ0v) is 19.7. The van der Waals surface area contributed by atoms with Gasteiger partial charge in [0.1, 0.15) is 23.8 Å². The molecule has 7 nitrogen and oxygen atoms in total. The van der Waals surface area contributed by atoms with Crippen LogP contribution in [-0.4, -0.2) is 52.2 Å².